The lowest BCUT2D eigenvalue weighted by molar-refractivity contribution is -0.386. The molecule has 80 valence electrons. The van der Waals surface area contributed by atoms with Gasteiger partial charge in [0.05, 0.1) is 11.5 Å². The van der Waals surface area contributed by atoms with Crippen molar-refractivity contribution in [3.05, 3.63) is 32.8 Å². The van der Waals surface area contributed by atoms with Gasteiger partial charge in [-0.3, -0.25) is 10.1 Å². The van der Waals surface area contributed by atoms with E-state index in [9.17, 15) is 10.1 Å². The number of nitro groups is 1. The molecule has 0 saturated carbocycles. The first kappa shape index (κ1) is 10.2. The summed E-state index contributed by atoms with van der Waals surface area (Å²) in [7, 11) is 0. The summed E-state index contributed by atoms with van der Waals surface area (Å²) in [5.74, 6) is 0.253. The van der Waals surface area contributed by atoms with Crippen LogP contribution in [0, 0.1) is 10.1 Å². The van der Waals surface area contributed by atoms with Crippen LogP contribution in [0.4, 0.5) is 5.69 Å². The number of ether oxygens (including phenoxy) is 1. The maximum atomic E-state index is 10.8. The van der Waals surface area contributed by atoms with Gasteiger partial charge in [-0.2, -0.15) is 0 Å². The van der Waals surface area contributed by atoms with E-state index in [0.717, 1.165) is 0 Å². The van der Waals surface area contributed by atoms with E-state index in [2.05, 4.69) is 0 Å². The summed E-state index contributed by atoms with van der Waals surface area (Å²) in [4.78, 5) is 10.2. The van der Waals surface area contributed by atoms with Crippen LogP contribution in [-0.4, -0.2) is 11.5 Å². The third-order valence-corrected chi connectivity index (χ3v) is 2.55. The molecule has 0 bridgehead atoms. The summed E-state index contributed by atoms with van der Waals surface area (Å²) in [6, 6.07) is 2.65. The Labute approximate surface area is 90.9 Å². The van der Waals surface area contributed by atoms with Crippen LogP contribution in [0.2, 0.25) is 5.02 Å². The van der Waals surface area contributed by atoms with Gasteiger partial charge < -0.3 is 10.5 Å². The predicted molar refractivity (Wildman–Crippen MR) is 55.1 cm³/mol. The van der Waals surface area contributed by atoms with Gasteiger partial charge in [-0.25, -0.2) is 0 Å². The van der Waals surface area contributed by atoms with E-state index in [1.54, 1.807) is 6.07 Å². The summed E-state index contributed by atoms with van der Waals surface area (Å²) in [5, 5.41) is 11.1. The average Bonchev–Trinajstić information content (AvgIpc) is 2.18. The number of nitrogens with zero attached hydrogens (tertiary/aromatic N) is 1. The SMILES string of the molecule is N[C@@H]1CCOc2c1cc(Cl)cc2[N+](=O)[O-]. The summed E-state index contributed by atoms with van der Waals surface area (Å²) in [5.41, 5.74) is 6.32. The molecular weight excluding hydrogens is 220 g/mol. The first-order valence-corrected chi connectivity index (χ1v) is 4.83. The van der Waals surface area contributed by atoms with Gasteiger partial charge in [0.2, 0.25) is 5.75 Å². The van der Waals surface area contributed by atoms with Crippen molar-refractivity contribution in [2.75, 3.05) is 6.61 Å². The van der Waals surface area contributed by atoms with Gasteiger partial charge in [0.1, 0.15) is 0 Å². The monoisotopic (exact) mass is 228 g/mol. The quantitative estimate of drug-likeness (QED) is 0.589. The molecule has 1 heterocycles. The lowest BCUT2D eigenvalue weighted by Gasteiger charge is -2.22. The van der Waals surface area contributed by atoms with Gasteiger partial charge >= 0.3 is 5.69 Å². The van der Waals surface area contributed by atoms with E-state index in [1.165, 1.54) is 6.07 Å². The molecule has 1 aromatic rings. The molecule has 0 spiro atoms. The summed E-state index contributed by atoms with van der Waals surface area (Å²) >= 11 is 5.78. The molecule has 1 aromatic carbocycles. The first-order chi connectivity index (χ1) is 7.09. The molecule has 1 aliphatic rings. The number of benzene rings is 1. The van der Waals surface area contributed by atoms with E-state index >= 15 is 0 Å². The van der Waals surface area contributed by atoms with E-state index in [1.807, 2.05) is 0 Å². The first-order valence-electron chi connectivity index (χ1n) is 4.46. The van der Waals surface area contributed by atoms with Crippen molar-refractivity contribution in [3.8, 4) is 5.75 Å². The molecule has 1 aliphatic heterocycles. The van der Waals surface area contributed by atoms with E-state index in [4.69, 9.17) is 22.1 Å². The van der Waals surface area contributed by atoms with Gasteiger partial charge in [0.15, 0.2) is 0 Å². The van der Waals surface area contributed by atoms with E-state index in [0.29, 0.717) is 23.6 Å². The molecular formula is C9H9ClN2O3. The smallest absolute Gasteiger partial charge is 0.312 e. The maximum Gasteiger partial charge on any atom is 0.312 e. The minimum Gasteiger partial charge on any atom is -0.487 e. The van der Waals surface area contributed by atoms with E-state index in [-0.39, 0.29) is 17.5 Å². The van der Waals surface area contributed by atoms with Crippen LogP contribution in [0.25, 0.3) is 0 Å². The topological polar surface area (TPSA) is 78.4 Å². The van der Waals surface area contributed by atoms with Crippen LogP contribution < -0.4 is 10.5 Å². The zero-order chi connectivity index (χ0) is 11.0. The second-order valence-corrected chi connectivity index (χ2v) is 3.78. The number of hydrogen-bond donors (Lipinski definition) is 1. The van der Waals surface area contributed by atoms with Crippen molar-refractivity contribution in [1.82, 2.24) is 0 Å². The van der Waals surface area contributed by atoms with Crippen molar-refractivity contribution >= 4 is 17.3 Å². The number of fused-ring (bicyclic) bond motifs is 1. The Morgan fingerprint density at radius 1 is 1.60 bits per heavy atom. The van der Waals surface area contributed by atoms with Gasteiger partial charge in [0, 0.05) is 29.1 Å². The molecule has 0 aliphatic carbocycles. The van der Waals surface area contributed by atoms with Crippen LogP contribution in [0.3, 0.4) is 0 Å². The third-order valence-electron chi connectivity index (χ3n) is 2.33. The maximum absolute atomic E-state index is 10.8. The van der Waals surface area contributed by atoms with Crippen LogP contribution in [0.1, 0.15) is 18.0 Å². The lowest BCUT2D eigenvalue weighted by atomic mass is 10.0. The van der Waals surface area contributed by atoms with Gasteiger partial charge in [0.25, 0.3) is 0 Å². The van der Waals surface area contributed by atoms with Crippen molar-refractivity contribution in [3.63, 3.8) is 0 Å². The second kappa shape index (κ2) is 3.67. The number of halogens is 1. The molecule has 2 rings (SSSR count). The van der Waals surface area contributed by atoms with Crippen LogP contribution in [-0.2, 0) is 0 Å². The van der Waals surface area contributed by atoms with Gasteiger partial charge in [-0.15, -0.1) is 0 Å². The summed E-state index contributed by atoms with van der Waals surface area (Å²) in [6.45, 7) is 0.399. The Hall–Kier alpha value is -1.33. The Kier molecular flexibility index (Phi) is 2.50. The molecule has 0 amide bonds. The fourth-order valence-corrected chi connectivity index (χ4v) is 1.83. The number of nitro benzene ring substituents is 1. The lowest BCUT2D eigenvalue weighted by Crippen LogP contribution is -2.21. The molecule has 0 unspecified atom stereocenters. The normalized spacial score (nSPS) is 19.2. The van der Waals surface area contributed by atoms with Gasteiger partial charge in [-0.05, 0) is 6.07 Å². The number of nitrogens with two attached hydrogens (primary N) is 1. The molecule has 1 atom stereocenters. The van der Waals surface area contributed by atoms with Crippen molar-refractivity contribution in [1.29, 1.82) is 0 Å². The second-order valence-electron chi connectivity index (χ2n) is 3.34. The largest absolute Gasteiger partial charge is 0.487 e. The molecule has 6 heteroatoms. The number of hydrogen-bond acceptors (Lipinski definition) is 4. The molecule has 0 aromatic heterocycles. The summed E-state index contributed by atoms with van der Waals surface area (Å²) < 4.78 is 5.26. The molecule has 5 nitrogen and oxygen atoms in total. The Balaban J connectivity index is 2.62. The molecule has 0 saturated heterocycles. The third kappa shape index (κ3) is 1.75. The highest BCUT2D eigenvalue weighted by Crippen LogP contribution is 2.40. The fourth-order valence-electron chi connectivity index (χ4n) is 1.61. The number of rotatable bonds is 1. The Morgan fingerprint density at radius 3 is 3.00 bits per heavy atom. The highest BCUT2D eigenvalue weighted by Gasteiger charge is 2.27. The fraction of sp³-hybridized carbons (Fsp3) is 0.333. The zero-order valence-corrected chi connectivity index (χ0v) is 8.53. The predicted octanol–water partition coefficient (Wildman–Crippen LogP) is 2.03. The average molecular weight is 229 g/mol. The van der Waals surface area contributed by atoms with Crippen molar-refractivity contribution in [2.45, 2.75) is 12.5 Å². The standard InChI is InChI=1S/C9H9ClN2O3/c10-5-3-6-7(11)1-2-15-9(6)8(4-5)12(13)14/h3-4,7H,1-2,11H2/t7-/m1/s1. The Morgan fingerprint density at radius 2 is 2.33 bits per heavy atom. The highest BCUT2D eigenvalue weighted by molar-refractivity contribution is 6.31. The molecule has 0 radical (unpaired) electrons. The molecule has 15 heavy (non-hydrogen) atoms. The van der Waals surface area contributed by atoms with Gasteiger partial charge in [-0.1, -0.05) is 11.6 Å². The van der Waals surface area contributed by atoms with Crippen LogP contribution in [0.5, 0.6) is 5.75 Å². The Bertz CT molecular complexity index is 422. The van der Waals surface area contributed by atoms with E-state index < -0.39 is 4.92 Å². The zero-order valence-electron chi connectivity index (χ0n) is 7.77. The van der Waals surface area contributed by atoms with Crippen LogP contribution in [0.15, 0.2) is 12.1 Å². The highest BCUT2D eigenvalue weighted by atomic mass is 35.5. The molecule has 0 fully saturated rings. The van der Waals surface area contributed by atoms with Crippen molar-refractivity contribution < 1.29 is 9.66 Å². The van der Waals surface area contributed by atoms with Crippen molar-refractivity contribution in [2.24, 2.45) is 5.73 Å². The van der Waals surface area contributed by atoms with Crippen LogP contribution >= 0.6 is 11.6 Å². The minimum absolute atomic E-state index is 0.118. The summed E-state index contributed by atoms with van der Waals surface area (Å²) in [6.07, 6.45) is 0.643. The molecule has 2 N–H and O–H groups in total. The minimum atomic E-state index is -0.511.